The van der Waals surface area contributed by atoms with Gasteiger partial charge in [0.25, 0.3) is 0 Å². The van der Waals surface area contributed by atoms with Crippen molar-refractivity contribution >= 4 is 0 Å². The van der Waals surface area contributed by atoms with Gasteiger partial charge in [0.2, 0.25) is 5.92 Å². The molecular formula is C6H11F2KO. The van der Waals surface area contributed by atoms with Crippen molar-refractivity contribution in [2.24, 2.45) is 5.92 Å². The molecule has 0 aliphatic carbocycles. The Bertz CT molecular complexity index is 85.8. The summed E-state index contributed by atoms with van der Waals surface area (Å²) in [4.78, 5) is 0. The first-order valence-electron chi connectivity index (χ1n) is 2.94. The van der Waals surface area contributed by atoms with Crippen LogP contribution in [0.25, 0.3) is 0 Å². The number of hydrogen-bond acceptors (Lipinski definition) is 1. The fraction of sp³-hybridized carbons (Fsp3) is 1.00. The van der Waals surface area contributed by atoms with Gasteiger partial charge in [0, 0.05) is 6.42 Å². The molecule has 0 aromatic rings. The number of hydrogen-bond donors (Lipinski definition) is 0. The van der Waals surface area contributed by atoms with E-state index in [-0.39, 0.29) is 63.7 Å². The summed E-state index contributed by atoms with van der Waals surface area (Å²) in [5.41, 5.74) is 0. The van der Waals surface area contributed by atoms with E-state index in [1.807, 2.05) is 0 Å². The van der Waals surface area contributed by atoms with Crippen molar-refractivity contribution in [3.63, 3.8) is 0 Å². The van der Waals surface area contributed by atoms with Crippen LogP contribution >= 0.6 is 0 Å². The monoisotopic (exact) mass is 176 g/mol. The van der Waals surface area contributed by atoms with E-state index in [0.29, 0.717) is 0 Å². The molecule has 0 saturated carbocycles. The van der Waals surface area contributed by atoms with Gasteiger partial charge in [-0.05, 0) is 5.92 Å². The Morgan fingerprint density at radius 2 is 1.80 bits per heavy atom. The average Bonchev–Trinajstić information content (AvgIpc) is 1.63. The van der Waals surface area contributed by atoms with Gasteiger partial charge < -0.3 is 5.11 Å². The number of halogens is 2. The molecule has 10 heavy (non-hydrogen) atoms. The summed E-state index contributed by atoms with van der Waals surface area (Å²) in [6.45, 7) is 2.05. The molecule has 0 aliphatic heterocycles. The molecule has 0 aliphatic rings. The molecule has 0 N–H and O–H groups in total. The van der Waals surface area contributed by atoms with Crippen molar-refractivity contribution in [2.45, 2.75) is 26.2 Å². The normalized spacial score (nSPS) is 11.4. The van der Waals surface area contributed by atoms with Crippen molar-refractivity contribution in [1.82, 2.24) is 0 Å². The van der Waals surface area contributed by atoms with Crippen molar-refractivity contribution in [3.8, 4) is 0 Å². The smallest absolute Gasteiger partial charge is 0.850 e. The third-order valence-corrected chi connectivity index (χ3v) is 0.918. The first kappa shape index (κ1) is 14.0. The summed E-state index contributed by atoms with van der Waals surface area (Å²) in [6, 6.07) is 0. The van der Waals surface area contributed by atoms with Crippen molar-refractivity contribution < 1.29 is 65.3 Å². The second-order valence-corrected chi connectivity index (χ2v) is 2.60. The van der Waals surface area contributed by atoms with E-state index in [2.05, 4.69) is 0 Å². The molecule has 0 radical (unpaired) electrons. The van der Waals surface area contributed by atoms with E-state index < -0.39 is 12.5 Å². The second-order valence-electron chi connectivity index (χ2n) is 2.60. The van der Waals surface area contributed by atoms with Crippen molar-refractivity contribution in [2.75, 3.05) is 6.61 Å². The minimum atomic E-state index is -2.99. The van der Waals surface area contributed by atoms with Crippen LogP contribution in [0.4, 0.5) is 8.78 Å². The van der Waals surface area contributed by atoms with Gasteiger partial charge in [0.05, 0.1) is 0 Å². The SMILES string of the molecule is CC(C)CC(F)(F)C[O-].[K+]. The fourth-order valence-electron chi connectivity index (χ4n) is 0.656. The molecule has 0 atom stereocenters. The second kappa shape index (κ2) is 6.03. The van der Waals surface area contributed by atoms with Crippen LogP contribution in [0.3, 0.4) is 0 Å². The first-order valence-corrected chi connectivity index (χ1v) is 2.94. The van der Waals surface area contributed by atoms with E-state index in [1.54, 1.807) is 13.8 Å². The molecule has 0 rings (SSSR count). The largest absolute Gasteiger partial charge is 1.00 e. The summed E-state index contributed by atoms with van der Waals surface area (Å²) in [7, 11) is 0. The molecule has 0 aromatic heterocycles. The summed E-state index contributed by atoms with van der Waals surface area (Å²) in [5.74, 6) is -3.09. The maximum absolute atomic E-state index is 12.1. The average molecular weight is 176 g/mol. The molecule has 0 heterocycles. The first-order chi connectivity index (χ1) is 3.98. The van der Waals surface area contributed by atoms with Crippen molar-refractivity contribution in [1.29, 1.82) is 0 Å². The molecule has 56 valence electrons. The zero-order chi connectivity index (χ0) is 7.49. The van der Waals surface area contributed by atoms with Gasteiger partial charge in [-0.1, -0.05) is 20.5 Å². The van der Waals surface area contributed by atoms with E-state index in [1.165, 1.54) is 0 Å². The van der Waals surface area contributed by atoms with Gasteiger partial charge in [0.1, 0.15) is 0 Å². The Balaban J connectivity index is 0. The molecule has 0 unspecified atom stereocenters. The van der Waals surface area contributed by atoms with Gasteiger partial charge in [-0.2, -0.15) is 0 Å². The minimum Gasteiger partial charge on any atom is -0.850 e. The molecule has 0 fully saturated rings. The van der Waals surface area contributed by atoms with Gasteiger partial charge in [-0.25, -0.2) is 8.78 Å². The van der Waals surface area contributed by atoms with E-state index >= 15 is 0 Å². The summed E-state index contributed by atoms with van der Waals surface area (Å²) in [5, 5.41) is 9.74. The van der Waals surface area contributed by atoms with Gasteiger partial charge in [-0.3, -0.25) is 0 Å². The zero-order valence-electron chi connectivity index (χ0n) is 6.66. The Morgan fingerprint density at radius 1 is 1.40 bits per heavy atom. The van der Waals surface area contributed by atoms with E-state index in [4.69, 9.17) is 0 Å². The van der Waals surface area contributed by atoms with Gasteiger partial charge >= 0.3 is 51.4 Å². The van der Waals surface area contributed by atoms with Gasteiger partial charge in [0.15, 0.2) is 0 Å². The molecule has 1 nitrogen and oxygen atoms in total. The number of rotatable bonds is 3. The standard InChI is InChI=1S/C6H11F2O.K/c1-5(2)3-6(7,8)4-9;/h5H,3-4H2,1-2H3;/q-1;+1. The van der Waals surface area contributed by atoms with Gasteiger partial charge in [-0.15, -0.1) is 0 Å². The molecule has 0 aromatic carbocycles. The third kappa shape index (κ3) is 7.56. The maximum atomic E-state index is 12.1. The number of alkyl halides is 2. The molecule has 4 heteroatoms. The zero-order valence-corrected chi connectivity index (χ0v) is 9.78. The maximum Gasteiger partial charge on any atom is 1.00 e. The Morgan fingerprint density at radius 3 is 1.90 bits per heavy atom. The van der Waals surface area contributed by atoms with Crippen molar-refractivity contribution in [3.05, 3.63) is 0 Å². The predicted octanol–water partition coefficient (Wildman–Crippen LogP) is -1.97. The quantitative estimate of drug-likeness (QED) is 0.458. The summed E-state index contributed by atoms with van der Waals surface area (Å²) in [6.07, 6.45) is -0.295. The summed E-state index contributed by atoms with van der Waals surface area (Å²) < 4.78 is 24.2. The molecule has 0 bridgehead atoms. The molecule has 0 saturated heterocycles. The van der Waals surface area contributed by atoms with Crippen LogP contribution in [0.5, 0.6) is 0 Å². The van der Waals surface area contributed by atoms with Crippen LogP contribution < -0.4 is 56.5 Å². The Labute approximate surface area is 103 Å². The summed E-state index contributed by atoms with van der Waals surface area (Å²) >= 11 is 0. The minimum absolute atomic E-state index is 0. The van der Waals surface area contributed by atoms with Crippen LogP contribution in [-0.2, 0) is 0 Å². The predicted molar refractivity (Wildman–Crippen MR) is 29.3 cm³/mol. The Kier molecular flexibility index (Phi) is 8.44. The van der Waals surface area contributed by atoms with Crippen LogP contribution in [-0.4, -0.2) is 12.5 Å². The topological polar surface area (TPSA) is 23.1 Å². The van der Waals surface area contributed by atoms with Crippen LogP contribution in [0.1, 0.15) is 20.3 Å². The van der Waals surface area contributed by atoms with Crippen LogP contribution in [0.15, 0.2) is 0 Å². The third-order valence-electron chi connectivity index (χ3n) is 0.918. The van der Waals surface area contributed by atoms with Crippen LogP contribution in [0.2, 0.25) is 0 Å². The Hall–Kier alpha value is 1.46. The fourth-order valence-corrected chi connectivity index (χ4v) is 0.656. The molecular weight excluding hydrogens is 165 g/mol. The van der Waals surface area contributed by atoms with Crippen LogP contribution in [0, 0.1) is 5.92 Å². The molecule has 0 spiro atoms. The van der Waals surface area contributed by atoms with E-state index in [0.717, 1.165) is 0 Å². The van der Waals surface area contributed by atoms with E-state index in [9.17, 15) is 13.9 Å². The molecule has 0 amide bonds.